The van der Waals surface area contributed by atoms with Gasteiger partial charge in [0, 0.05) is 5.02 Å². The lowest BCUT2D eigenvalue weighted by molar-refractivity contribution is -0.115. The van der Waals surface area contributed by atoms with Gasteiger partial charge in [-0.05, 0) is 37.6 Å². The molecule has 88 valence electrons. The third-order valence-corrected chi connectivity index (χ3v) is 2.81. The van der Waals surface area contributed by atoms with Crippen LogP contribution in [-0.2, 0) is 4.79 Å². The zero-order valence-electron chi connectivity index (χ0n) is 9.45. The Morgan fingerprint density at radius 3 is 2.65 bits per heavy atom. The summed E-state index contributed by atoms with van der Waals surface area (Å²) in [5.74, 6) is -0.383. The van der Waals surface area contributed by atoms with Gasteiger partial charge in [0.2, 0.25) is 0 Å². The Labute approximate surface area is 104 Å². The minimum absolute atomic E-state index is 0.334. The summed E-state index contributed by atoms with van der Waals surface area (Å²) in [6, 6.07) is 4.72. The van der Waals surface area contributed by atoms with Crippen LogP contribution in [0.25, 0.3) is 0 Å². The van der Waals surface area contributed by atoms with E-state index in [1.54, 1.807) is 31.2 Å². The Balaban J connectivity index is 2.52. The normalized spacial score (nSPS) is 17.8. The van der Waals surface area contributed by atoms with Gasteiger partial charge in [-0.2, -0.15) is 0 Å². The molecule has 1 saturated heterocycles. The van der Waals surface area contributed by atoms with Crippen molar-refractivity contribution in [1.82, 2.24) is 5.32 Å². The number of benzene rings is 1. The molecule has 0 spiro atoms. The molecule has 0 radical (unpaired) electrons. The van der Waals surface area contributed by atoms with E-state index < -0.39 is 6.03 Å². The first-order valence-electron chi connectivity index (χ1n) is 5.12. The summed E-state index contributed by atoms with van der Waals surface area (Å²) >= 11 is 5.86. The van der Waals surface area contributed by atoms with Crippen LogP contribution in [0.2, 0.25) is 5.02 Å². The number of imide groups is 1. The lowest BCUT2D eigenvalue weighted by atomic mass is 10.2. The fraction of sp³-hybridized carbons (Fsp3) is 0.167. The Morgan fingerprint density at radius 1 is 1.35 bits per heavy atom. The molecule has 1 N–H and O–H groups in total. The van der Waals surface area contributed by atoms with Gasteiger partial charge in [-0.3, -0.25) is 15.0 Å². The number of urea groups is 1. The van der Waals surface area contributed by atoms with E-state index in [0.29, 0.717) is 16.4 Å². The number of nitrogens with zero attached hydrogens (tertiary/aromatic N) is 1. The number of amides is 3. The van der Waals surface area contributed by atoms with Crippen molar-refractivity contribution in [2.45, 2.75) is 13.8 Å². The van der Waals surface area contributed by atoms with Crippen molar-refractivity contribution in [1.29, 1.82) is 0 Å². The summed E-state index contributed by atoms with van der Waals surface area (Å²) in [4.78, 5) is 24.6. The summed E-state index contributed by atoms with van der Waals surface area (Å²) in [6.07, 6.45) is 1.61. The molecule has 0 bridgehead atoms. The van der Waals surface area contributed by atoms with Gasteiger partial charge in [-0.25, -0.2) is 4.79 Å². The number of carbonyl (C=O) groups excluding carboxylic acids is 2. The van der Waals surface area contributed by atoms with Gasteiger partial charge in [-0.15, -0.1) is 0 Å². The fourth-order valence-corrected chi connectivity index (χ4v) is 2.02. The highest BCUT2D eigenvalue weighted by atomic mass is 35.5. The van der Waals surface area contributed by atoms with Crippen molar-refractivity contribution in [3.05, 3.63) is 40.6 Å². The first-order valence-corrected chi connectivity index (χ1v) is 5.50. The maximum Gasteiger partial charge on any atom is 0.333 e. The van der Waals surface area contributed by atoms with Gasteiger partial charge < -0.3 is 0 Å². The molecule has 0 saturated carbocycles. The molecule has 0 aromatic heterocycles. The van der Waals surface area contributed by atoms with Gasteiger partial charge in [0.1, 0.15) is 5.70 Å². The Bertz CT molecular complexity index is 537. The molecule has 2 rings (SSSR count). The molecule has 1 aromatic carbocycles. The number of rotatable bonds is 1. The summed E-state index contributed by atoms with van der Waals surface area (Å²) in [5.41, 5.74) is 1.83. The fourth-order valence-electron chi connectivity index (χ4n) is 1.80. The minimum Gasteiger partial charge on any atom is -0.272 e. The standard InChI is InChI=1S/C12H11ClN2O2/c1-3-9-11(16)14-12(17)15(9)10-5-4-8(13)6-7(10)2/h3-6H,1-2H3,(H,14,16,17). The number of anilines is 1. The van der Waals surface area contributed by atoms with Crippen molar-refractivity contribution < 1.29 is 9.59 Å². The maximum atomic E-state index is 11.7. The molecule has 1 aromatic rings. The predicted molar refractivity (Wildman–Crippen MR) is 66.0 cm³/mol. The van der Waals surface area contributed by atoms with Gasteiger partial charge in [0.15, 0.2) is 0 Å². The van der Waals surface area contributed by atoms with Crippen LogP contribution in [0.4, 0.5) is 10.5 Å². The van der Waals surface area contributed by atoms with Gasteiger partial charge >= 0.3 is 6.03 Å². The molecule has 1 heterocycles. The average Bonchev–Trinajstić information content (AvgIpc) is 2.53. The smallest absolute Gasteiger partial charge is 0.272 e. The van der Waals surface area contributed by atoms with Crippen molar-refractivity contribution in [3.8, 4) is 0 Å². The van der Waals surface area contributed by atoms with E-state index in [0.717, 1.165) is 5.56 Å². The second-order valence-electron chi connectivity index (χ2n) is 3.70. The highest BCUT2D eigenvalue weighted by Crippen LogP contribution is 2.28. The van der Waals surface area contributed by atoms with Crippen LogP contribution in [0, 0.1) is 6.92 Å². The topological polar surface area (TPSA) is 49.4 Å². The predicted octanol–water partition coefficient (Wildman–Crippen LogP) is 2.61. The molecule has 4 nitrogen and oxygen atoms in total. The van der Waals surface area contributed by atoms with Crippen LogP contribution in [0.15, 0.2) is 30.0 Å². The molecule has 1 aliphatic rings. The molecule has 1 fully saturated rings. The number of carbonyl (C=O) groups is 2. The van der Waals surface area contributed by atoms with Crippen molar-refractivity contribution >= 4 is 29.2 Å². The molecule has 1 aliphatic heterocycles. The van der Waals surface area contributed by atoms with E-state index in [1.807, 2.05) is 6.92 Å². The zero-order valence-corrected chi connectivity index (χ0v) is 10.2. The van der Waals surface area contributed by atoms with Gasteiger partial charge in [0.25, 0.3) is 5.91 Å². The lowest BCUT2D eigenvalue weighted by Crippen LogP contribution is -2.27. The minimum atomic E-state index is -0.437. The van der Waals surface area contributed by atoms with E-state index in [-0.39, 0.29) is 5.91 Å². The molecule has 5 heteroatoms. The Hall–Kier alpha value is -1.81. The third-order valence-electron chi connectivity index (χ3n) is 2.57. The van der Waals surface area contributed by atoms with E-state index in [4.69, 9.17) is 11.6 Å². The first kappa shape index (κ1) is 11.7. The molecule has 0 atom stereocenters. The molecule has 0 unspecified atom stereocenters. The van der Waals surface area contributed by atoms with Crippen LogP contribution < -0.4 is 10.2 Å². The second-order valence-corrected chi connectivity index (χ2v) is 4.14. The van der Waals surface area contributed by atoms with E-state index in [9.17, 15) is 9.59 Å². The highest BCUT2D eigenvalue weighted by Gasteiger charge is 2.34. The van der Waals surface area contributed by atoms with Crippen molar-refractivity contribution in [2.24, 2.45) is 0 Å². The first-order chi connectivity index (χ1) is 8.04. The van der Waals surface area contributed by atoms with E-state index >= 15 is 0 Å². The van der Waals surface area contributed by atoms with E-state index in [2.05, 4.69) is 5.32 Å². The van der Waals surface area contributed by atoms with Crippen LogP contribution >= 0.6 is 11.6 Å². The summed E-state index contributed by atoms with van der Waals surface area (Å²) in [7, 11) is 0. The van der Waals surface area contributed by atoms with Crippen LogP contribution in [-0.4, -0.2) is 11.9 Å². The quantitative estimate of drug-likeness (QED) is 0.615. The zero-order chi connectivity index (χ0) is 12.6. The molecule has 17 heavy (non-hydrogen) atoms. The molecule has 3 amide bonds. The number of hydrogen-bond acceptors (Lipinski definition) is 2. The second kappa shape index (κ2) is 4.22. The van der Waals surface area contributed by atoms with Crippen molar-refractivity contribution in [2.75, 3.05) is 4.90 Å². The number of aryl methyl sites for hydroxylation is 1. The summed E-state index contributed by atoms with van der Waals surface area (Å²) < 4.78 is 0. The van der Waals surface area contributed by atoms with Crippen molar-refractivity contribution in [3.63, 3.8) is 0 Å². The van der Waals surface area contributed by atoms with Crippen LogP contribution in [0.1, 0.15) is 12.5 Å². The lowest BCUT2D eigenvalue weighted by Gasteiger charge is -2.17. The molecule has 0 aliphatic carbocycles. The largest absolute Gasteiger partial charge is 0.333 e. The SMILES string of the molecule is CC=C1C(=O)NC(=O)N1c1ccc(Cl)cc1C. The van der Waals surface area contributed by atoms with E-state index in [1.165, 1.54) is 4.90 Å². The number of halogens is 1. The molecular weight excluding hydrogens is 240 g/mol. The number of hydrogen-bond donors (Lipinski definition) is 1. The summed E-state index contributed by atoms with van der Waals surface area (Å²) in [5, 5.41) is 2.85. The van der Waals surface area contributed by atoms with Crippen LogP contribution in [0.3, 0.4) is 0 Å². The van der Waals surface area contributed by atoms with Crippen LogP contribution in [0.5, 0.6) is 0 Å². The monoisotopic (exact) mass is 250 g/mol. The Morgan fingerprint density at radius 2 is 2.06 bits per heavy atom. The highest BCUT2D eigenvalue weighted by molar-refractivity contribution is 6.31. The Kier molecular flexibility index (Phi) is 2.90. The number of allylic oxidation sites excluding steroid dienone is 1. The van der Waals surface area contributed by atoms with Gasteiger partial charge in [0.05, 0.1) is 5.69 Å². The average molecular weight is 251 g/mol. The molecular formula is C12H11ClN2O2. The number of nitrogens with one attached hydrogen (secondary N) is 1. The third kappa shape index (κ3) is 1.91. The summed E-state index contributed by atoms with van der Waals surface area (Å²) in [6.45, 7) is 3.55. The maximum absolute atomic E-state index is 11.7. The van der Waals surface area contributed by atoms with Gasteiger partial charge in [-0.1, -0.05) is 17.7 Å².